The van der Waals surface area contributed by atoms with Gasteiger partial charge >= 0.3 is 0 Å². The Labute approximate surface area is 68.7 Å². The van der Waals surface area contributed by atoms with Crippen LogP contribution < -0.4 is 5.32 Å². The molecule has 64 valence electrons. The minimum Gasteiger partial charge on any atom is -0.319 e. The molecule has 0 rings (SSSR count). The maximum absolute atomic E-state index is 11.0. The van der Waals surface area contributed by atoms with Crippen molar-refractivity contribution in [2.24, 2.45) is 0 Å². The molecule has 0 atom stereocenters. The molecule has 0 aromatic carbocycles. The van der Waals surface area contributed by atoms with Crippen LogP contribution in [-0.4, -0.2) is 19.4 Å². The van der Waals surface area contributed by atoms with E-state index in [2.05, 4.69) is 11.9 Å². The van der Waals surface area contributed by atoms with Crippen molar-refractivity contribution in [1.82, 2.24) is 5.32 Å². The third kappa shape index (κ3) is 7.26. The number of carbonyl (C=O) groups is 1. The molecule has 0 amide bonds. The summed E-state index contributed by atoms with van der Waals surface area (Å²) in [4.78, 5) is 11.0. The molecule has 1 N–H and O–H groups in total. The lowest BCUT2D eigenvalue weighted by molar-refractivity contribution is -0.119. The minimum absolute atomic E-state index is 0.348. The first-order valence-electron chi connectivity index (χ1n) is 4.08. The summed E-state index contributed by atoms with van der Waals surface area (Å²) in [6.07, 6.45) is 5.12. The highest BCUT2D eigenvalue weighted by Gasteiger charge is 1.98. The monoisotopic (exact) mass is 155 g/mol. The average Bonchev–Trinajstić information content (AvgIpc) is 2.01. The Hall–Kier alpha value is -0.630. The van der Waals surface area contributed by atoms with Crippen LogP contribution in [0.2, 0.25) is 0 Å². The number of hydrogen-bond acceptors (Lipinski definition) is 2. The second-order valence-electron chi connectivity index (χ2n) is 2.57. The van der Waals surface area contributed by atoms with Gasteiger partial charge in [-0.05, 0) is 19.9 Å². The molecule has 0 unspecified atom stereocenters. The van der Waals surface area contributed by atoms with Gasteiger partial charge in [0.05, 0.1) is 0 Å². The fourth-order valence-electron chi connectivity index (χ4n) is 0.833. The average molecular weight is 155 g/mol. The van der Waals surface area contributed by atoms with E-state index >= 15 is 0 Å². The molecular weight excluding hydrogens is 138 g/mol. The zero-order valence-electron chi connectivity index (χ0n) is 7.23. The van der Waals surface area contributed by atoms with Gasteiger partial charge in [-0.1, -0.05) is 6.08 Å². The lowest BCUT2D eigenvalue weighted by atomic mass is 10.1. The van der Waals surface area contributed by atoms with Crippen LogP contribution in [-0.2, 0) is 4.79 Å². The Morgan fingerprint density at radius 3 is 2.82 bits per heavy atom. The van der Waals surface area contributed by atoms with Crippen LogP contribution in [0, 0.1) is 0 Å². The normalized spacial score (nSPS) is 9.55. The van der Waals surface area contributed by atoms with Crippen molar-refractivity contribution >= 4 is 5.78 Å². The molecule has 0 bridgehead atoms. The summed E-state index contributed by atoms with van der Waals surface area (Å²) in [7, 11) is 1.86. The Balaban J connectivity index is 3.15. The van der Waals surface area contributed by atoms with E-state index in [4.69, 9.17) is 0 Å². The molecule has 0 saturated carbocycles. The number of unbranched alkanes of at least 4 members (excludes halogenated alkanes) is 1. The van der Waals surface area contributed by atoms with Gasteiger partial charge in [-0.15, -0.1) is 6.58 Å². The lowest BCUT2D eigenvalue weighted by Gasteiger charge is -1.97. The number of rotatable bonds is 7. The molecule has 2 heteroatoms. The van der Waals surface area contributed by atoms with Crippen molar-refractivity contribution in [3.05, 3.63) is 12.7 Å². The largest absolute Gasteiger partial charge is 0.319 e. The molecule has 11 heavy (non-hydrogen) atoms. The number of hydrogen-bond donors (Lipinski definition) is 1. The minimum atomic E-state index is 0.348. The van der Waals surface area contributed by atoms with E-state index in [1.54, 1.807) is 0 Å². The van der Waals surface area contributed by atoms with E-state index in [1.165, 1.54) is 0 Å². The van der Waals surface area contributed by atoms with Crippen LogP contribution in [0.15, 0.2) is 12.7 Å². The smallest absolute Gasteiger partial charge is 0.134 e. The summed E-state index contributed by atoms with van der Waals surface area (Å²) in [5.41, 5.74) is 0. The first-order valence-corrected chi connectivity index (χ1v) is 4.08. The van der Waals surface area contributed by atoms with Gasteiger partial charge in [0.2, 0.25) is 0 Å². The van der Waals surface area contributed by atoms with Crippen molar-refractivity contribution < 1.29 is 4.79 Å². The molecule has 0 saturated heterocycles. The Kier molecular flexibility index (Phi) is 7.05. The van der Waals surface area contributed by atoms with Crippen molar-refractivity contribution in [1.29, 1.82) is 0 Å². The predicted octanol–water partition coefficient (Wildman–Crippen LogP) is 1.52. The summed E-state index contributed by atoms with van der Waals surface area (Å²) >= 11 is 0. The molecule has 0 fully saturated rings. The standard InChI is InChI=1S/C9H17NO/c1-3-4-5-6-9(11)7-8-10-2/h3,10H,1,4-8H2,2H3. The number of allylic oxidation sites excluding steroid dienone is 1. The quantitative estimate of drug-likeness (QED) is 0.446. The van der Waals surface area contributed by atoms with E-state index in [9.17, 15) is 4.79 Å². The highest BCUT2D eigenvalue weighted by atomic mass is 16.1. The second-order valence-corrected chi connectivity index (χ2v) is 2.57. The summed E-state index contributed by atoms with van der Waals surface area (Å²) < 4.78 is 0. The van der Waals surface area contributed by atoms with Gasteiger partial charge in [0, 0.05) is 19.4 Å². The molecule has 2 nitrogen and oxygen atoms in total. The fraction of sp³-hybridized carbons (Fsp3) is 0.667. The number of Topliss-reactive ketones (excluding diaryl/α,β-unsaturated/α-hetero) is 1. The maximum Gasteiger partial charge on any atom is 0.134 e. The number of ketones is 1. The molecule has 0 aliphatic rings. The zero-order chi connectivity index (χ0) is 8.53. The van der Waals surface area contributed by atoms with Gasteiger partial charge in [-0.25, -0.2) is 0 Å². The molecule has 0 aliphatic heterocycles. The molecule has 0 aliphatic carbocycles. The fourth-order valence-corrected chi connectivity index (χ4v) is 0.833. The third-order valence-corrected chi connectivity index (χ3v) is 1.52. The summed E-state index contributed by atoms with van der Waals surface area (Å²) in [6, 6.07) is 0. The topological polar surface area (TPSA) is 29.1 Å². The summed E-state index contributed by atoms with van der Waals surface area (Å²) in [5.74, 6) is 0.348. The van der Waals surface area contributed by atoms with Crippen LogP contribution in [0.3, 0.4) is 0 Å². The van der Waals surface area contributed by atoms with E-state index in [0.29, 0.717) is 18.6 Å². The molecule has 0 radical (unpaired) electrons. The highest BCUT2D eigenvalue weighted by Crippen LogP contribution is 1.98. The van der Waals surface area contributed by atoms with Crippen LogP contribution in [0.5, 0.6) is 0 Å². The van der Waals surface area contributed by atoms with Crippen LogP contribution in [0.25, 0.3) is 0 Å². The lowest BCUT2D eigenvalue weighted by Crippen LogP contribution is -2.12. The van der Waals surface area contributed by atoms with Gasteiger partial charge in [0.15, 0.2) is 0 Å². The molecule has 0 aromatic heterocycles. The Morgan fingerprint density at radius 2 is 2.27 bits per heavy atom. The van der Waals surface area contributed by atoms with Crippen LogP contribution >= 0.6 is 0 Å². The van der Waals surface area contributed by atoms with E-state index < -0.39 is 0 Å². The maximum atomic E-state index is 11.0. The summed E-state index contributed by atoms with van der Waals surface area (Å²) in [5, 5.41) is 2.95. The Morgan fingerprint density at radius 1 is 1.55 bits per heavy atom. The van der Waals surface area contributed by atoms with Crippen molar-refractivity contribution in [2.75, 3.05) is 13.6 Å². The van der Waals surface area contributed by atoms with E-state index in [-0.39, 0.29) is 0 Å². The SMILES string of the molecule is C=CCCCC(=O)CCNC. The predicted molar refractivity (Wildman–Crippen MR) is 47.6 cm³/mol. The van der Waals surface area contributed by atoms with Gasteiger partial charge in [0.1, 0.15) is 5.78 Å². The van der Waals surface area contributed by atoms with Crippen molar-refractivity contribution in [3.63, 3.8) is 0 Å². The van der Waals surface area contributed by atoms with Gasteiger partial charge in [-0.2, -0.15) is 0 Å². The summed E-state index contributed by atoms with van der Waals surface area (Å²) in [6.45, 7) is 4.39. The molecular formula is C9H17NO. The van der Waals surface area contributed by atoms with Gasteiger partial charge < -0.3 is 5.32 Å². The molecule has 0 heterocycles. The third-order valence-electron chi connectivity index (χ3n) is 1.52. The Bertz CT molecular complexity index is 121. The molecule has 0 spiro atoms. The van der Waals surface area contributed by atoms with Crippen molar-refractivity contribution in [3.8, 4) is 0 Å². The first-order chi connectivity index (χ1) is 5.31. The molecule has 0 aromatic rings. The second kappa shape index (κ2) is 7.48. The van der Waals surface area contributed by atoms with Gasteiger partial charge in [0.25, 0.3) is 0 Å². The zero-order valence-corrected chi connectivity index (χ0v) is 7.23. The van der Waals surface area contributed by atoms with E-state index in [0.717, 1.165) is 19.4 Å². The number of nitrogens with one attached hydrogen (secondary N) is 1. The first kappa shape index (κ1) is 10.4. The van der Waals surface area contributed by atoms with Crippen molar-refractivity contribution in [2.45, 2.75) is 25.7 Å². The van der Waals surface area contributed by atoms with Crippen LogP contribution in [0.1, 0.15) is 25.7 Å². The number of carbonyl (C=O) groups excluding carboxylic acids is 1. The highest BCUT2D eigenvalue weighted by molar-refractivity contribution is 5.78. The van der Waals surface area contributed by atoms with Gasteiger partial charge in [-0.3, -0.25) is 4.79 Å². The van der Waals surface area contributed by atoms with Crippen LogP contribution in [0.4, 0.5) is 0 Å². The van der Waals surface area contributed by atoms with E-state index in [1.807, 2.05) is 13.1 Å².